The molecule has 107 heavy (non-hydrogen) atoms. The Bertz CT molecular complexity index is 3810. The minimum absolute atomic E-state index is 0. The molecule has 1 saturated heterocycles. The molecule has 8 aromatic rings. The average molecular weight is 2160 g/mol. The van der Waals surface area contributed by atoms with Crippen LogP contribution in [0.5, 0.6) is 5.75 Å². The molecule has 0 bridgehead atoms. The molecule has 0 spiro atoms. The summed E-state index contributed by atoms with van der Waals surface area (Å²) in [6.45, 7) is 40.4. The van der Waals surface area contributed by atoms with Crippen LogP contribution in [0.1, 0.15) is 200 Å². The minimum Gasteiger partial charge on any atom is -0.487 e. The third kappa shape index (κ3) is 39.1. The van der Waals surface area contributed by atoms with Gasteiger partial charge in [0.05, 0.1) is 35.6 Å². The van der Waals surface area contributed by atoms with E-state index in [9.17, 15) is 39.5 Å². The van der Waals surface area contributed by atoms with Crippen LogP contribution in [0.3, 0.4) is 0 Å². The van der Waals surface area contributed by atoms with E-state index < -0.39 is 40.7 Å². The van der Waals surface area contributed by atoms with Crippen LogP contribution in [0, 0.1) is 356 Å². The summed E-state index contributed by atoms with van der Waals surface area (Å²) in [5.41, 5.74) is 11.6. The van der Waals surface area contributed by atoms with E-state index in [4.69, 9.17) is 25.8 Å². The van der Waals surface area contributed by atoms with Crippen LogP contribution >= 0.6 is 11.6 Å². The fourth-order valence-corrected chi connectivity index (χ4v) is 11.6. The molecule has 3 aliphatic carbocycles. The maximum atomic E-state index is 13.6. The van der Waals surface area contributed by atoms with E-state index in [1.165, 1.54) is 118 Å². The number of aryl methyl sites for hydroxylation is 12. The molecular formula is C89H114ClF9Nd5O3. The van der Waals surface area contributed by atoms with Crippen LogP contribution < -0.4 is 4.74 Å². The molecule has 8 aromatic carbocycles. The van der Waals surface area contributed by atoms with E-state index in [0.29, 0.717) is 51.5 Å². The number of fused-ring (bicyclic) bond motifs is 3. The van der Waals surface area contributed by atoms with Crippen molar-refractivity contribution >= 4 is 33.1 Å². The number of rotatable bonds is 0. The Balaban J connectivity index is 0. The van der Waals surface area contributed by atoms with Crippen molar-refractivity contribution in [1.82, 2.24) is 0 Å². The fourth-order valence-electron chi connectivity index (χ4n) is 11.4. The molecule has 3 nitrogen and oxygen atoms in total. The van der Waals surface area contributed by atoms with Crippen molar-refractivity contribution in [2.75, 3.05) is 13.2 Å². The zero-order valence-electron chi connectivity index (χ0n) is 66.9. The number of hydrogen-bond acceptors (Lipinski definition) is 3. The van der Waals surface area contributed by atoms with Gasteiger partial charge in [-0.25, -0.2) is 35.1 Å². The number of benzene rings is 8. The van der Waals surface area contributed by atoms with Crippen molar-refractivity contribution in [3.63, 3.8) is 0 Å². The maximum absolute atomic E-state index is 13.6. The molecule has 0 amide bonds. The molecular weight excluding hydrogens is 2040 g/mol. The zero-order valence-corrected chi connectivity index (χ0v) is 83.7. The van der Waals surface area contributed by atoms with Crippen LogP contribution in [0.25, 0.3) is 21.5 Å². The van der Waals surface area contributed by atoms with Crippen LogP contribution in [0.15, 0.2) is 132 Å². The molecule has 2 heterocycles. The predicted molar refractivity (Wildman–Crippen MR) is 410 cm³/mol. The van der Waals surface area contributed by atoms with Crippen LogP contribution in [-0.4, -0.2) is 25.6 Å². The Labute approximate surface area is 805 Å². The van der Waals surface area contributed by atoms with E-state index in [2.05, 4.69) is 136 Å². The van der Waals surface area contributed by atoms with Gasteiger partial charge >= 0.3 is 0 Å². The van der Waals surface area contributed by atoms with E-state index >= 15 is 0 Å². The van der Waals surface area contributed by atoms with Gasteiger partial charge in [0.15, 0.2) is 41.1 Å². The number of allylic oxidation sites excluding steroid dienone is 4. The molecule has 3 unspecified atom stereocenters. The molecule has 578 valence electrons. The summed E-state index contributed by atoms with van der Waals surface area (Å²) in [5.74, 6) is -1.83. The first-order valence-electron chi connectivity index (χ1n) is 36.2. The van der Waals surface area contributed by atoms with Crippen molar-refractivity contribution in [2.24, 2.45) is 29.6 Å². The number of ether oxygens (including phenoxy) is 3. The quantitative estimate of drug-likeness (QED) is 0.112. The number of halogens is 10. The summed E-state index contributed by atoms with van der Waals surface area (Å²) in [7, 11) is 0. The topological polar surface area (TPSA) is 27.7 Å². The van der Waals surface area contributed by atoms with Crippen molar-refractivity contribution in [1.29, 1.82) is 0 Å². The Morgan fingerprint density at radius 2 is 0.748 bits per heavy atom. The predicted octanol–water partition coefficient (Wildman–Crippen LogP) is 27.9. The summed E-state index contributed by atoms with van der Waals surface area (Å²) in [6.07, 6.45) is 16.7. The van der Waals surface area contributed by atoms with Gasteiger partial charge in [0, 0.05) is 217 Å². The molecule has 18 heteroatoms. The Morgan fingerprint density at radius 1 is 0.346 bits per heavy atom. The molecule has 0 radical (unpaired) electrons. The van der Waals surface area contributed by atoms with Gasteiger partial charge in [0.1, 0.15) is 11.6 Å². The van der Waals surface area contributed by atoms with Crippen LogP contribution in [0.4, 0.5) is 39.5 Å². The first-order valence-corrected chi connectivity index (χ1v) is 36.6. The van der Waals surface area contributed by atoms with Gasteiger partial charge in [-0.15, -0.1) is 0 Å². The molecule has 13 rings (SSSR count). The Hall–Kier alpha value is -0.107. The van der Waals surface area contributed by atoms with Gasteiger partial charge in [-0.2, -0.15) is 4.39 Å². The Kier molecular flexibility index (Phi) is 57.3. The van der Waals surface area contributed by atoms with E-state index in [1.54, 1.807) is 68.8 Å². The fraction of sp³-hybridized carbons (Fsp3) is 0.461. The molecule has 1 saturated carbocycles. The smallest absolute Gasteiger partial charge is 0.201 e. The largest absolute Gasteiger partial charge is 0.487 e. The van der Waals surface area contributed by atoms with Crippen molar-refractivity contribution in [3.8, 4) is 5.75 Å². The Morgan fingerprint density at radius 3 is 1.18 bits per heavy atom. The minimum atomic E-state index is -1.11. The standard InChI is InChI=1S/C12H9F3.C12H12.C11H12F2O.C8H8ClF.C8H8F2.C8H13F.C8H16.C8H14.C8H10.C6H12O2.5Nd/c1-6-3-4-8-5-7(2)11(14)12(15)9(8)10(6)13;1-9-3-5-12-8-10(2)4-6-11(12)7-9;1-6-5-8-4-3-7(2)14-11(8)10(13)9(6)12;2*1-5-3-4-6(2)8(10)7(5)9;1-6-3-4-7(2)8(9)5-6;3*1-7-3-5-8(2)6-4-7;1-5-3-7-6(2)8-4-5;;;;;/h3-5H,1-2H3;3-8H,1-2H3;5,7H,3-4H2,1-2H3;2*3-4H,1-2H3;6H,3-5H2,1-2H3;7-8H,3-6H2,1-2H3;3,8H,4-6H2,1-2H3;3-6H,1-2H3;5-6H,3-4H2,1-2H3;;;;;. The third-order valence-corrected chi connectivity index (χ3v) is 19.3. The number of hydrogen-bond donors (Lipinski definition) is 0. The van der Waals surface area contributed by atoms with Gasteiger partial charge in [-0.3, -0.25) is 0 Å². The van der Waals surface area contributed by atoms with Gasteiger partial charge in [-0.05, 0) is 251 Å². The molecule has 5 aliphatic rings. The third-order valence-electron chi connectivity index (χ3n) is 18.8. The SMILES string of the molecule is CC1=C(F)CC(C)CC1.CC1=CCC(C)CC1.CC1CCC(C)CC1.CC1COC(C)OC1.Cc1cc2c(c(F)c1F)OC(C)CC2.Cc1cc2ccc(C)c(F)c2c(F)c1F.Cc1ccc(C)c(Cl)c1F.Cc1ccc(C)c(F)c1F.Cc1ccc(C)cc1.Cc1ccc2cc(C)ccc2c1.[Nd].[Nd].[Nd].[Nd].[Nd]. The molecule has 2 fully saturated rings. The van der Waals surface area contributed by atoms with Crippen LogP contribution in [-0.2, 0) is 15.9 Å². The molecule has 0 aromatic heterocycles. The average Bonchev–Trinajstić information content (AvgIpc) is 0.783. The second-order valence-corrected chi connectivity index (χ2v) is 29.6. The second kappa shape index (κ2) is 56.3. The van der Waals surface area contributed by atoms with Gasteiger partial charge < -0.3 is 14.2 Å². The first kappa shape index (κ1) is 109. The first-order chi connectivity index (χ1) is 48.0. The molecule has 0 N–H and O–H groups in total. The summed E-state index contributed by atoms with van der Waals surface area (Å²) in [5, 5.41) is 3.02. The summed E-state index contributed by atoms with van der Waals surface area (Å²) >= 11 is 5.61. The van der Waals surface area contributed by atoms with Crippen LogP contribution in [0.2, 0.25) is 5.02 Å². The van der Waals surface area contributed by atoms with E-state index in [1.807, 2.05) is 20.8 Å². The molecule has 3 atom stereocenters. The molecule has 2 aliphatic heterocycles. The maximum Gasteiger partial charge on any atom is 0.201 e. The second-order valence-electron chi connectivity index (χ2n) is 29.2. The van der Waals surface area contributed by atoms with Gasteiger partial charge in [-0.1, -0.05) is 203 Å². The van der Waals surface area contributed by atoms with Crippen molar-refractivity contribution in [3.05, 3.63) is 251 Å². The zero-order chi connectivity index (χ0) is 76.2. The van der Waals surface area contributed by atoms with Crippen molar-refractivity contribution in [2.45, 2.75) is 228 Å². The van der Waals surface area contributed by atoms with E-state index in [0.717, 1.165) is 66.9 Å². The van der Waals surface area contributed by atoms with E-state index in [-0.39, 0.29) is 250 Å². The summed E-state index contributed by atoms with van der Waals surface area (Å²) < 4.78 is 133. The van der Waals surface area contributed by atoms with Gasteiger partial charge in [0.25, 0.3) is 0 Å². The monoisotopic (exact) mass is 2150 g/mol. The van der Waals surface area contributed by atoms with Gasteiger partial charge in [0.2, 0.25) is 5.82 Å². The summed E-state index contributed by atoms with van der Waals surface area (Å²) in [4.78, 5) is 0. The normalized spacial score (nSPS) is 18.5. The summed E-state index contributed by atoms with van der Waals surface area (Å²) in [6, 6.07) is 34.5. The van der Waals surface area contributed by atoms with Crippen molar-refractivity contribution < 1.29 is 258 Å².